The summed E-state index contributed by atoms with van der Waals surface area (Å²) in [5.74, 6) is -0.226. The van der Waals surface area contributed by atoms with E-state index in [0.717, 1.165) is 39.0 Å². The second-order valence-electron chi connectivity index (χ2n) is 11.4. The summed E-state index contributed by atoms with van der Waals surface area (Å²) in [5.41, 5.74) is 6.21. The van der Waals surface area contributed by atoms with Gasteiger partial charge in [-0.3, -0.25) is 20.5 Å². The van der Waals surface area contributed by atoms with Gasteiger partial charge in [-0.2, -0.15) is 0 Å². The minimum absolute atomic E-state index is 0.162. The molecule has 0 aromatic rings. The zero-order chi connectivity index (χ0) is 24.3. The van der Waals surface area contributed by atoms with Crippen molar-refractivity contribution in [3.05, 3.63) is 0 Å². The van der Waals surface area contributed by atoms with Crippen molar-refractivity contribution in [1.29, 1.82) is 0 Å². The summed E-state index contributed by atoms with van der Waals surface area (Å²) >= 11 is 0. The third-order valence-electron chi connectivity index (χ3n) is 8.31. The van der Waals surface area contributed by atoms with E-state index in [4.69, 9.17) is 0 Å². The van der Waals surface area contributed by atoms with Crippen molar-refractivity contribution in [1.82, 2.24) is 35.4 Å². The topological polar surface area (TPSA) is 117 Å². The number of hydrazine groups is 2. The molecule has 2 aliphatic carbocycles. The van der Waals surface area contributed by atoms with Crippen molar-refractivity contribution in [2.45, 2.75) is 55.9 Å². The zero-order valence-corrected chi connectivity index (χ0v) is 21.3. The summed E-state index contributed by atoms with van der Waals surface area (Å²) in [4.78, 5) is 30.6. The average Bonchev–Trinajstić information content (AvgIpc) is 3.14. The fourth-order valence-electron chi connectivity index (χ4n) is 6.11. The van der Waals surface area contributed by atoms with Crippen LogP contribution in [0.2, 0.25) is 0 Å². The van der Waals surface area contributed by atoms with Crippen molar-refractivity contribution < 1.29 is 18.0 Å². The van der Waals surface area contributed by atoms with E-state index in [1.54, 1.807) is 0 Å². The Bertz CT molecular complexity index is 926. The molecular formula is C22H39N7O4S. The van der Waals surface area contributed by atoms with Crippen LogP contribution in [0, 0.1) is 17.8 Å². The van der Waals surface area contributed by atoms with Crippen LogP contribution in [0.25, 0.3) is 0 Å². The Morgan fingerprint density at radius 3 is 2.18 bits per heavy atom. The van der Waals surface area contributed by atoms with Crippen LogP contribution in [0.4, 0.5) is 4.79 Å². The minimum atomic E-state index is -3.52. The molecular weight excluding hydrogens is 458 g/mol. The highest BCUT2D eigenvalue weighted by Crippen LogP contribution is 2.40. The maximum Gasteiger partial charge on any atom is 0.326 e. The van der Waals surface area contributed by atoms with Crippen LogP contribution in [0.15, 0.2) is 0 Å². The van der Waals surface area contributed by atoms with Crippen molar-refractivity contribution in [2.75, 3.05) is 53.4 Å². The van der Waals surface area contributed by atoms with Gasteiger partial charge >= 0.3 is 6.03 Å². The molecule has 192 valence electrons. The van der Waals surface area contributed by atoms with E-state index in [2.05, 4.69) is 15.6 Å². The number of urea groups is 1. The highest BCUT2D eigenvalue weighted by molar-refractivity contribution is 7.90. The largest absolute Gasteiger partial charge is 0.326 e. The van der Waals surface area contributed by atoms with Crippen molar-refractivity contribution in [2.24, 2.45) is 17.8 Å². The van der Waals surface area contributed by atoms with Crippen LogP contribution in [-0.2, 0) is 14.8 Å². The highest BCUT2D eigenvalue weighted by Gasteiger charge is 2.52. The molecule has 0 radical (unpaired) electrons. The number of hydrogen-bond donors (Lipinski definition) is 3. The molecule has 0 aromatic carbocycles. The van der Waals surface area contributed by atoms with Crippen molar-refractivity contribution in [3.8, 4) is 0 Å². The lowest BCUT2D eigenvalue weighted by molar-refractivity contribution is -0.141. The molecule has 0 aromatic heterocycles. The number of nitrogens with one attached hydrogen (secondary N) is 3. The van der Waals surface area contributed by atoms with Gasteiger partial charge in [-0.25, -0.2) is 28.0 Å². The molecule has 34 heavy (non-hydrogen) atoms. The minimum Gasteiger partial charge on any atom is -0.320 e. The first-order chi connectivity index (χ1) is 16.0. The molecule has 2 saturated carbocycles. The van der Waals surface area contributed by atoms with Gasteiger partial charge in [-0.05, 0) is 39.0 Å². The lowest BCUT2D eigenvalue weighted by atomic mass is 9.80. The van der Waals surface area contributed by atoms with Gasteiger partial charge in [0.2, 0.25) is 15.9 Å². The molecule has 3 saturated heterocycles. The number of carbonyl (C=O) groups excluding carboxylic acids is 2. The smallest absolute Gasteiger partial charge is 0.320 e. The summed E-state index contributed by atoms with van der Waals surface area (Å²) < 4.78 is 29.2. The van der Waals surface area contributed by atoms with Crippen LogP contribution < -0.4 is 15.6 Å². The molecule has 3 aliphatic heterocycles. The van der Waals surface area contributed by atoms with Gasteiger partial charge in [0, 0.05) is 76.8 Å². The van der Waals surface area contributed by atoms with E-state index >= 15 is 0 Å². The molecule has 3 amide bonds. The first kappa shape index (κ1) is 24.4. The second kappa shape index (κ2) is 8.97. The number of carbonyl (C=O) groups is 2. The van der Waals surface area contributed by atoms with Gasteiger partial charge in [-0.15, -0.1) is 0 Å². The fraction of sp³-hybridized carbons (Fsp3) is 0.909. The summed E-state index contributed by atoms with van der Waals surface area (Å²) in [6.07, 6.45) is 3.01. The van der Waals surface area contributed by atoms with E-state index in [9.17, 15) is 18.0 Å². The van der Waals surface area contributed by atoms with Crippen molar-refractivity contribution >= 4 is 22.0 Å². The molecule has 5 atom stereocenters. The van der Waals surface area contributed by atoms with Crippen LogP contribution in [0.3, 0.4) is 0 Å². The van der Waals surface area contributed by atoms with Crippen LogP contribution in [-0.4, -0.2) is 110 Å². The first-order valence-corrected chi connectivity index (χ1v) is 14.1. The Morgan fingerprint density at radius 2 is 1.62 bits per heavy atom. The first-order valence-electron chi connectivity index (χ1n) is 12.6. The van der Waals surface area contributed by atoms with E-state index in [1.807, 2.05) is 35.9 Å². The molecule has 5 aliphatic rings. The zero-order valence-electron chi connectivity index (χ0n) is 20.5. The molecule has 0 spiro atoms. The molecule has 12 heteroatoms. The second-order valence-corrected chi connectivity index (χ2v) is 13.4. The van der Waals surface area contributed by atoms with Crippen LogP contribution >= 0.6 is 0 Å². The van der Waals surface area contributed by atoms with E-state index in [1.165, 1.54) is 4.90 Å². The number of imide groups is 1. The van der Waals surface area contributed by atoms with Crippen LogP contribution in [0.1, 0.15) is 39.0 Å². The van der Waals surface area contributed by atoms with E-state index in [0.29, 0.717) is 25.9 Å². The van der Waals surface area contributed by atoms with E-state index < -0.39 is 21.2 Å². The number of rotatable bonds is 7. The van der Waals surface area contributed by atoms with Crippen LogP contribution in [0.5, 0.6) is 0 Å². The van der Waals surface area contributed by atoms with Gasteiger partial charge in [0.05, 0.1) is 11.2 Å². The monoisotopic (exact) mass is 497 g/mol. The number of nitrogens with zero attached hydrogens (tertiary/aromatic N) is 4. The van der Waals surface area contributed by atoms with E-state index in [-0.39, 0.29) is 41.8 Å². The number of sulfonamides is 1. The Morgan fingerprint density at radius 1 is 1.00 bits per heavy atom. The Kier molecular flexibility index (Phi) is 6.43. The Balaban J connectivity index is 1.36. The maximum absolute atomic E-state index is 13.7. The standard InChI is InChI=1S/C22H39N7O4S/c1-22(6-7-22)25-34(32,33)17-4-5-19-18(8-17)20(30)29(14-16-10-24-27(3)12-16)21(31)28(19)13-15-9-23-26(2)11-15/h15-19,23-25H,4-14H2,1-3H3. The van der Waals surface area contributed by atoms with Gasteiger partial charge in [0.15, 0.2) is 0 Å². The summed E-state index contributed by atoms with van der Waals surface area (Å²) in [6, 6.07) is -0.435. The third-order valence-corrected chi connectivity index (χ3v) is 10.4. The summed E-state index contributed by atoms with van der Waals surface area (Å²) in [7, 11) is 0.426. The lowest BCUT2D eigenvalue weighted by Crippen LogP contribution is -2.65. The quantitative estimate of drug-likeness (QED) is 0.427. The molecule has 3 N–H and O–H groups in total. The van der Waals surface area contributed by atoms with Crippen molar-refractivity contribution in [3.63, 3.8) is 0 Å². The molecule has 3 heterocycles. The van der Waals surface area contributed by atoms with Gasteiger partial charge in [0.1, 0.15) is 0 Å². The number of hydrogen-bond acceptors (Lipinski definition) is 8. The summed E-state index contributed by atoms with van der Waals surface area (Å²) in [5, 5.41) is 3.43. The molecule has 11 nitrogen and oxygen atoms in total. The normalized spacial score (nSPS) is 36.9. The van der Waals surface area contributed by atoms with Gasteiger partial charge < -0.3 is 4.90 Å². The summed E-state index contributed by atoms with van der Waals surface area (Å²) in [6.45, 7) is 6.00. The predicted molar refractivity (Wildman–Crippen MR) is 127 cm³/mol. The highest BCUT2D eigenvalue weighted by atomic mass is 32.2. The SMILES string of the molecule is CN1CC(CN2C(=O)C3CC(S(=O)(=O)NC4(C)CC4)CCC3N(CC3CNN(C)C3)C2=O)CN1. The molecule has 0 bridgehead atoms. The predicted octanol–water partition coefficient (Wildman–Crippen LogP) is -0.608. The molecule has 5 rings (SSSR count). The maximum atomic E-state index is 13.7. The third kappa shape index (κ3) is 4.85. The Hall–Kier alpha value is -1.31. The Labute approximate surface area is 202 Å². The lowest BCUT2D eigenvalue weighted by Gasteiger charge is -2.49. The molecule has 5 unspecified atom stereocenters. The number of amides is 3. The average molecular weight is 498 g/mol. The number of fused-ring (bicyclic) bond motifs is 1. The van der Waals surface area contributed by atoms with Gasteiger partial charge in [0.25, 0.3) is 0 Å². The van der Waals surface area contributed by atoms with Gasteiger partial charge in [-0.1, -0.05) is 0 Å². The molecule has 5 fully saturated rings. The fourth-order valence-corrected chi connectivity index (χ4v) is 8.07.